The average molecular weight is 328 g/mol. The number of hydrogen-bond acceptors (Lipinski definition) is 7. The van der Waals surface area contributed by atoms with Crippen LogP contribution in [-0.4, -0.2) is 66.8 Å². The highest BCUT2D eigenvalue weighted by atomic mass is 32.1. The van der Waals surface area contributed by atoms with Crippen molar-refractivity contribution >= 4 is 29.7 Å². The van der Waals surface area contributed by atoms with Crippen molar-refractivity contribution < 1.29 is 29.0 Å². The summed E-state index contributed by atoms with van der Waals surface area (Å²) in [5.41, 5.74) is 1.37. The number of carbonyl (C=O) groups is 3. The minimum atomic E-state index is -0.694. The standard InChI is InChI=1S/C12H14N2O4S.CH2O2/c1-17-11(16)12-5-14(2-8(12)3-18-6-12)10(15)9-4-19-7-13-9;2-1-3/h4,7-8H,2-3,5-6H2,1H3;1H,(H,2,3)/t8-,12-;/m0./s1. The van der Waals surface area contributed by atoms with Crippen molar-refractivity contribution in [3.05, 3.63) is 16.6 Å². The Labute approximate surface area is 130 Å². The molecule has 120 valence electrons. The number of fused-ring (bicyclic) bond motifs is 1. The van der Waals surface area contributed by atoms with Crippen LogP contribution in [0.3, 0.4) is 0 Å². The highest BCUT2D eigenvalue weighted by Gasteiger charge is 2.57. The topological polar surface area (TPSA) is 106 Å². The van der Waals surface area contributed by atoms with Crippen molar-refractivity contribution in [2.75, 3.05) is 33.4 Å². The molecule has 0 bridgehead atoms. The number of ether oxygens (including phenoxy) is 2. The van der Waals surface area contributed by atoms with Gasteiger partial charge in [-0.15, -0.1) is 11.3 Å². The summed E-state index contributed by atoms with van der Waals surface area (Å²) < 4.78 is 10.3. The summed E-state index contributed by atoms with van der Waals surface area (Å²) in [5.74, 6) is -0.398. The Bertz CT molecular complexity index is 549. The second-order valence-corrected chi connectivity index (χ2v) is 5.74. The van der Waals surface area contributed by atoms with Gasteiger partial charge in [-0.25, -0.2) is 4.98 Å². The van der Waals surface area contributed by atoms with Crippen LogP contribution in [0.2, 0.25) is 0 Å². The van der Waals surface area contributed by atoms with Gasteiger partial charge in [-0.2, -0.15) is 0 Å². The molecule has 0 unspecified atom stereocenters. The van der Waals surface area contributed by atoms with Crippen LogP contribution in [0.5, 0.6) is 0 Å². The van der Waals surface area contributed by atoms with E-state index in [9.17, 15) is 9.59 Å². The van der Waals surface area contributed by atoms with E-state index >= 15 is 0 Å². The fraction of sp³-hybridized carbons (Fsp3) is 0.538. The fourth-order valence-corrected chi connectivity index (χ4v) is 3.39. The van der Waals surface area contributed by atoms with E-state index in [0.29, 0.717) is 32.0 Å². The molecule has 3 rings (SSSR count). The maximum atomic E-state index is 12.3. The zero-order valence-electron chi connectivity index (χ0n) is 11.9. The van der Waals surface area contributed by atoms with E-state index in [2.05, 4.69) is 4.98 Å². The monoisotopic (exact) mass is 328 g/mol. The number of esters is 1. The molecule has 1 N–H and O–H groups in total. The second-order valence-electron chi connectivity index (χ2n) is 5.02. The molecule has 0 radical (unpaired) electrons. The van der Waals surface area contributed by atoms with E-state index < -0.39 is 5.41 Å². The number of hydrogen-bond donors (Lipinski definition) is 1. The summed E-state index contributed by atoms with van der Waals surface area (Å²) in [5, 5.41) is 8.61. The minimum Gasteiger partial charge on any atom is -0.483 e. The quantitative estimate of drug-likeness (QED) is 0.606. The molecule has 8 nitrogen and oxygen atoms in total. The predicted octanol–water partition coefficient (Wildman–Crippen LogP) is 0.105. The molecular formula is C13H16N2O6S. The molecule has 0 spiro atoms. The third-order valence-corrected chi connectivity index (χ3v) is 4.49. The summed E-state index contributed by atoms with van der Waals surface area (Å²) in [4.78, 5) is 38.4. The van der Waals surface area contributed by atoms with Gasteiger partial charge in [0.25, 0.3) is 12.4 Å². The van der Waals surface area contributed by atoms with Crippen LogP contribution in [0.4, 0.5) is 0 Å². The third kappa shape index (κ3) is 2.81. The van der Waals surface area contributed by atoms with Crippen molar-refractivity contribution in [2.45, 2.75) is 0 Å². The van der Waals surface area contributed by atoms with E-state index in [0.717, 1.165) is 0 Å². The molecule has 0 saturated carbocycles. The van der Waals surface area contributed by atoms with Crippen molar-refractivity contribution in [3.8, 4) is 0 Å². The highest BCUT2D eigenvalue weighted by Crippen LogP contribution is 2.42. The SMILES string of the molecule is COC(=O)[C@@]12COC[C@@H]1CN(C(=O)c1cscn1)C2.O=CO. The molecule has 0 aliphatic carbocycles. The Hall–Kier alpha value is -2.00. The summed E-state index contributed by atoms with van der Waals surface area (Å²) in [7, 11) is 1.37. The van der Waals surface area contributed by atoms with Crippen molar-refractivity contribution in [3.63, 3.8) is 0 Å². The highest BCUT2D eigenvalue weighted by molar-refractivity contribution is 7.07. The van der Waals surface area contributed by atoms with Crippen molar-refractivity contribution in [1.29, 1.82) is 0 Å². The van der Waals surface area contributed by atoms with Crippen LogP contribution in [-0.2, 0) is 19.1 Å². The van der Waals surface area contributed by atoms with Crippen LogP contribution >= 0.6 is 11.3 Å². The average Bonchev–Trinajstić information content (AvgIpc) is 3.21. The minimum absolute atomic E-state index is 0.0162. The molecule has 2 saturated heterocycles. The Morgan fingerprint density at radius 2 is 2.36 bits per heavy atom. The molecule has 0 aromatic carbocycles. The lowest BCUT2D eigenvalue weighted by molar-refractivity contribution is -0.153. The lowest BCUT2D eigenvalue weighted by Gasteiger charge is -2.23. The van der Waals surface area contributed by atoms with E-state index in [1.54, 1.807) is 15.8 Å². The van der Waals surface area contributed by atoms with E-state index in [1.165, 1.54) is 18.4 Å². The Morgan fingerprint density at radius 1 is 1.64 bits per heavy atom. The molecule has 3 heterocycles. The van der Waals surface area contributed by atoms with Gasteiger partial charge >= 0.3 is 5.97 Å². The molecule has 1 aromatic rings. The van der Waals surface area contributed by atoms with Gasteiger partial charge < -0.3 is 19.5 Å². The fourth-order valence-electron chi connectivity index (χ4n) is 2.86. The molecule has 1 amide bonds. The summed E-state index contributed by atoms with van der Waals surface area (Å²) >= 11 is 1.38. The number of amides is 1. The van der Waals surface area contributed by atoms with E-state index in [1.807, 2.05) is 0 Å². The first-order valence-corrected chi connectivity index (χ1v) is 7.44. The van der Waals surface area contributed by atoms with Crippen LogP contribution in [0.15, 0.2) is 10.9 Å². The summed E-state index contributed by atoms with van der Waals surface area (Å²) in [6.07, 6.45) is 0. The van der Waals surface area contributed by atoms with Gasteiger partial charge in [0.1, 0.15) is 11.1 Å². The number of rotatable bonds is 2. The van der Waals surface area contributed by atoms with Crippen LogP contribution in [0.1, 0.15) is 10.5 Å². The molecule has 2 atom stereocenters. The van der Waals surface area contributed by atoms with Gasteiger partial charge in [0, 0.05) is 24.4 Å². The molecule has 9 heteroatoms. The van der Waals surface area contributed by atoms with Gasteiger partial charge in [0.15, 0.2) is 0 Å². The van der Waals surface area contributed by atoms with Crippen LogP contribution in [0.25, 0.3) is 0 Å². The predicted molar refractivity (Wildman–Crippen MR) is 75.5 cm³/mol. The number of nitrogens with zero attached hydrogens (tertiary/aromatic N) is 2. The first-order valence-electron chi connectivity index (χ1n) is 6.50. The summed E-state index contributed by atoms with van der Waals surface area (Å²) in [6, 6.07) is 0. The van der Waals surface area contributed by atoms with Crippen LogP contribution in [0, 0.1) is 11.3 Å². The van der Waals surface area contributed by atoms with Crippen molar-refractivity contribution in [2.24, 2.45) is 11.3 Å². The Balaban J connectivity index is 0.000000545. The van der Waals surface area contributed by atoms with Crippen molar-refractivity contribution in [1.82, 2.24) is 9.88 Å². The van der Waals surface area contributed by atoms with E-state index in [-0.39, 0.29) is 24.3 Å². The maximum Gasteiger partial charge on any atom is 0.316 e. The molecular weight excluding hydrogens is 312 g/mol. The van der Waals surface area contributed by atoms with Gasteiger partial charge in [-0.05, 0) is 0 Å². The Kier molecular flexibility index (Phi) is 5.09. The first kappa shape index (κ1) is 16.4. The zero-order chi connectivity index (χ0) is 16.2. The van der Waals surface area contributed by atoms with Gasteiger partial charge in [0.2, 0.25) is 0 Å². The van der Waals surface area contributed by atoms with Gasteiger partial charge in [-0.1, -0.05) is 0 Å². The number of aromatic nitrogens is 1. The van der Waals surface area contributed by atoms with E-state index in [4.69, 9.17) is 19.4 Å². The molecule has 2 aliphatic rings. The summed E-state index contributed by atoms with van der Waals surface area (Å²) in [6.45, 7) is 1.44. The lowest BCUT2D eigenvalue weighted by Crippen LogP contribution is -2.41. The normalized spacial score (nSPS) is 25.9. The lowest BCUT2D eigenvalue weighted by atomic mass is 9.81. The van der Waals surface area contributed by atoms with Gasteiger partial charge in [-0.3, -0.25) is 14.4 Å². The number of carbonyl (C=O) groups excluding carboxylic acids is 2. The number of methoxy groups -OCH3 is 1. The number of thiazole rings is 1. The Morgan fingerprint density at radius 3 is 2.95 bits per heavy atom. The molecule has 2 fully saturated rings. The van der Waals surface area contributed by atoms with Gasteiger partial charge in [0.05, 0.1) is 25.8 Å². The van der Waals surface area contributed by atoms with Crippen LogP contribution < -0.4 is 0 Å². The second kappa shape index (κ2) is 6.84. The number of carboxylic acid groups (broad SMARTS) is 1. The molecule has 2 aliphatic heterocycles. The third-order valence-electron chi connectivity index (χ3n) is 3.90. The maximum absolute atomic E-state index is 12.3. The zero-order valence-corrected chi connectivity index (χ0v) is 12.7. The number of likely N-dealkylation sites (tertiary alicyclic amines) is 1. The molecule has 1 aromatic heterocycles. The first-order chi connectivity index (χ1) is 10.6. The smallest absolute Gasteiger partial charge is 0.316 e. The largest absolute Gasteiger partial charge is 0.483 e. The molecule has 22 heavy (non-hydrogen) atoms.